The molecular formula is C13H15NO7. The van der Waals surface area contributed by atoms with Gasteiger partial charge in [0.25, 0.3) is 5.69 Å². The molecule has 1 aromatic rings. The summed E-state index contributed by atoms with van der Waals surface area (Å²) in [5.74, 6) is -2.07. The second-order valence-corrected chi connectivity index (χ2v) is 4.15. The van der Waals surface area contributed by atoms with Crippen LogP contribution in [0, 0.1) is 10.1 Å². The number of hydrogen-bond acceptors (Lipinski definition) is 6. The number of nitro benzene ring substituents is 1. The van der Waals surface area contributed by atoms with E-state index in [4.69, 9.17) is 9.84 Å². The van der Waals surface area contributed by atoms with E-state index in [1.54, 1.807) is 6.92 Å². The van der Waals surface area contributed by atoms with Crippen LogP contribution in [0.4, 0.5) is 5.69 Å². The maximum Gasteiger partial charge on any atom is 0.337 e. The molecule has 0 heterocycles. The van der Waals surface area contributed by atoms with Crippen molar-refractivity contribution in [2.45, 2.75) is 25.9 Å². The Morgan fingerprint density at radius 3 is 2.62 bits per heavy atom. The number of aliphatic carboxylic acids is 1. The van der Waals surface area contributed by atoms with Crippen LogP contribution in [-0.2, 0) is 20.7 Å². The van der Waals surface area contributed by atoms with E-state index in [1.165, 1.54) is 18.2 Å². The van der Waals surface area contributed by atoms with Gasteiger partial charge in [-0.3, -0.25) is 14.9 Å². The highest BCUT2D eigenvalue weighted by molar-refractivity contribution is 5.76. The van der Waals surface area contributed by atoms with Gasteiger partial charge in [0.05, 0.1) is 11.5 Å². The molecule has 1 rings (SSSR count). The molecule has 0 fully saturated rings. The Bertz CT molecular complexity index is 555. The lowest BCUT2D eigenvalue weighted by Gasteiger charge is -2.12. The van der Waals surface area contributed by atoms with Crippen molar-refractivity contribution in [1.82, 2.24) is 0 Å². The molecule has 0 saturated heterocycles. The zero-order chi connectivity index (χ0) is 16.0. The fourth-order valence-corrected chi connectivity index (χ4v) is 1.88. The van der Waals surface area contributed by atoms with E-state index in [0.29, 0.717) is 0 Å². The normalized spacial score (nSPS) is 11.7. The van der Waals surface area contributed by atoms with Crippen LogP contribution in [-0.4, -0.2) is 33.7 Å². The van der Waals surface area contributed by atoms with Crippen molar-refractivity contribution in [2.75, 3.05) is 6.61 Å². The molecule has 8 heteroatoms. The third kappa shape index (κ3) is 4.25. The highest BCUT2D eigenvalue weighted by Gasteiger charge is 2.25. The highest BCUT2D eigenvalue weighted by Crippen LogP contribution is 2.28. The first-order valence-corrected chi connectivity index (χ1v) is 6.21. The average molecular weight is 297 g/mol. The molecule has 2 N–H and O–H groups in total. The van der Waals surface area contributed by atoms with Gasteiger partial charge in [-0.05, 0) is 13.3 Å². The Kier molecular flexibility index (Phi) is 5.79. The molecule has 0 spiro atoms. The standard InChI is InChI=1S/C13H15NO7/c1-2-21-11(15)7-6-8-9(12(16)13(17)18)4-3-5-10(8)14(19)20/h3-5,12,16H,2,6-7H2,1H3,(H,17,18). The van der Waals surface area contributed by atoms with Crippen LogP contribution < -0.4 is 0 Å². The number of rotatable bonds is 7. The summed E-state index contributed by atoms with van der Waals surface area (Å²) in [5.41, 5.74) is -0.413. The summed E-state index contributed by atoms with van der Waals surface area (Å²) in [6, 6.07) is 3.76. The lowest BCUT2D eigenvalue weighted by atomic mass is 9.97. The molecule has 0 amide bonds. The minimum Gasteiger partial charge on any atom is -0.479 e. The van der Waals surface area contributed by atoms with Gasteiger partial charge in [0.2, 0.25) is 0 Å². The highest BCUT2D eigenvalue weighted by atomic mass is 16.6. The predicted octanol–water partition coefficient (Wildman–Crippen LogP) is 1.21. The summed E-state index contributed by atoms with van der Waals surface area (Å²) in [7, 11) is 0. The topological polar surface area (TPSA) is 127 Å². The van der Waals surface area contributed by atoms with Crippen LogP contribution in [0.2, 0.25) is 0 Å². The number of nitrogens with zero attached hydrogens (tertiary/aromatic N) is 1. The summed E-state index contributed by atoms with van der Waals surface area (Å²) in [4.78, 5) is 32.5. The number of benzene rings is 1. The van der Waals surface area contributed by atoms with Crippen molar-refractivity contribution >= 4 is 17.6 Å². The molecule has 0 radical (unpaired) electrons. The van der Waals surface area contributed by atoms with Crippen LogP contribution in [0.15, 0.2) is 18.2 Å². The Morgan fingerprint density at radius 1 is 1.43 bits per heavy atom. The van der Waals surface area contributed by atoms with Crippen molar-refractivity contribution in [3.05, 3.63) is 39.4 Å². The molecule has 0 saturated carbocycles. The van der Waals surface area contributed by atoms with Crippen LogP contribution in [0.1, 0.15) is 30.6 Å². The Balaban J connectivity index is 3.14. The number of carbonyl (C=O) groups excluding carboxylic acids is 1. The lowest BCUT2D eigenvalue weighted by molar-refractivity contribution is -0.385. The molecular weight excluding hydrogens is 282 g/mol. The van der Waals surface area contributed by atoms with Crippen molar-refractivity contribution < 1.29 is 29.5 Å². The van der Waals surface area contributed by atoms with Gasteiger partial charge < -0.3 is 14.9 Å². The maximum absolute atomic E-state index is 11.3. The Labute approximate surface area is 120 Å². The van der Waals surface area contributed by atoms with Crippen LogP contribution in [0.3, 0.4) is 0 Å². The average Bonchev–Trinajstić information content (AvgIpc) is 2.43. The van der Waals surface area contributed by atoms with E-state index in [1.807, 2.05) is 0 Å². The quantitative estimate of drug-likeness (QED) is 0.440. The molecule has 0 aliphatic carbocycles. The molecule has 21 heavy (non-hydrogen) atoms. The van der Waals surface area contributed by atoms with Gasteiger partial charge in [0.15, 0.2) is 6.10 Å². The van der Waals surface area contributed by atoms with E-state index >= 15 is 0 Å². The van der Waals surface area contributed by atoms with Gasteiger partial charge in [-0.15, -0.1) is 0 Å². The number of carbonyl (C=O) groups is 2. The Hall–Kier alpha value is -2.48. The van der Waals surface area contributed by atoms with E-state index in [0.717, 1.165) is 0 Å². The maximum atomic E-state index is 11.3. The predicted molar refractivity (Wildman–Crippen MR) is 70.6 cm³/mol. The van der Waals surface area contributed by atoms with Gasteiger partial charge in [0.1, 0.15) is 0 Å². The zero-order valence-corrected chi connectivity index (χ0v) is 11.3. The molecule has 0 aliphatic rings. The molecule has 8 nitrogen and oxygen atoms in total. The number of esters is 1. The first-order chi connectivity index (χ1) is 9.88. The second-order valence-electron chi connectivity index (χ2n) is 4.15. The number of carboxylic acids is 1. The number of nitro groups is 1. The van der Waals surface area contributed by atoms with Crippen LogP contribution in [0.25, 0.3) is 0 Å². The molecule has 1 unspecified atom stereocenters. The third-order valence-electron chi connectivity index (χ3n) is 2.80. The smallest absolute Gasteiger partial charge is 0.337 e. The molecule has 0 aromatic heterocycles. The van der Waals surface area contributed by atoms with Gasteiger partial charge in [-0.2, -0.15) is 0 Å². The minimum absolute atomic E-state index is 0.0189. The van der Waals surface area contributed by atoms with E-state index in [-0.39, 0.29) is 36.3 Å². The Morgan fingerprint density at radius 2 is 2.10 bits per heavy atom. The third-order valence-corrected chi connectivity index (χ3v) is 2.80. The fourth-order valence-electron chi connectivity index (χ4n) is 1.88. The summed E-state index contributed by atoms with van der Waals surface area (Å²) in [6.07, 6.45) is -2.12. The summed E-state index contributed by atoms with van der Waals surface area (Å²) in [5, 5.41) is 29.5. The van der Waals surface area contributed by atoms with Gasteiger partial charge >= 0.3 is 11.9 Å². The lowest BCUT2D eigenvalue weighted by Crippen LogP contribution is -2.15. The fraction of sp³-hybridized carbons (Fsp3) is 0.385. The summed E-state index contributed by atoms with van der Waals surface area (Å²) in [6.45, 7) is 1.81. The van der Waals surface area contributed by atoms with Crippen molar-refractivity contribution in [3.8, 4) is 0 Å². The number of ether oxygens (including phenoxy) is 1. The van der Waals surface area contributed by atoms with Crippen molar-refractivity contribution in [2.24, 2.45) is 0 Å². The van der Waals surface area contributed by atoms with E-state index in [2.05, 4.69) is 0 Å². The summed E-state index contributed by atoms with van der Waals surface area (Å²) < 4.78 is 4.72. The molecule has 1 aromatic carbocycles. The number of aliphatic hydroxyl groups is 1. The molecule has 114 valence electrons. The van der Waals surface area contributed by atoms with Crippen LogP contribution >= 0.6 is 0 Å². The van der Waals surface area contributed by atoms with E-state index < -0.39 is 23.0 Å². The van der Waals surface area contributed by atoms with Gasteiger partial charge in [0, 0.05) is 23.6 Å². The first kappa shape index (κ1) is 16.6. The largest absolute Gasteiger partial charge is 0.479 e. The number of carboxylic acid groups (broad SMARTS) is 1. The molecule has 1 atom stereocenters. The van der Waals surface area contributed by atoms with Crippen molar-refractivity contribution in [3.63, 3.8) is 0 Å². The monoisotopic (exact) mass is 297 g/mol. The minimum atomic E-state index is -1.89. The summed E-state index contributed by atoms with van der Waals surface area (Å²) >= 11 is 0. The zero-order valence-electron chi connectivity index (χ0n) is 11.3. The second kappa shape index (κ2) is 7.34. The van der Waals surface area contributed by atoms with Gasteiger partial charge in [-0.1, -0.05) is 12.1 Å². The van der Waals surface area contributed by atoms with Gasteiger partial charge in [-0.25, -0.2) is 4.79 Å². The first-order valence-electron chi connectivity index (χ1n) is 6.21. The number of hydrogen-bond donors (Lipinski definition) is 2. The van der Waals surface area contributed by atoms with Crippen molar-refractivity contribution in [1.29, 1.82) is 0 Å². The molecule has 0 bridgehead atoms. The van der Waals surface area contributed by atoms with E-state index in [9.17, 15) is 24.8 Å². The van der Waals surface area contributed by atoms with Crippen LogP contribution in [0.5, 0.6) is 0 Å². The number of aliphatic hydroxyl groups excluding tert-OH is 1. The molecule has 0 aliphatic heterocycles. The SMILES string of the molecule is CCOC(=O)CCc1c(C(O)C(=O)O)cccc1[N+](=O)[O-].